The minimum atomic E-state index is 0.0459. The van der Waals surface area contributed by atoms with E-state index in [4.69, 9.17) is 5.11 Å². The van der Waals surface area contributed by atoms with Crippen LogP contribution < -0.4 is 5.32 Å². The van der Waals surface area contributed by atoms with Crippen molar-refractivity contribution in [1.29, 1.82) is 0 Å². The van der Waals surface area contributed by atoms with Crippen LogP contribution in [0.2, 0.25) is 0 Å². The number of rotatable bonds is 4. The normalized spacial score (nSPS) is 15.7. The Kier molecular flexibility index (Phi) is 4.13. The molecule has 0 aromatic heterocycles. The minimum Gasteiger partial charge on any atom is -0.381 e. The third kappa shape index (κ3) is 3.03. The van der Waals surface area contributed by atoms with E-state index < -0.39 is 0 Å². The molecule has 1 aromatic rings. The zero-order chi connectivity index (χ0) is 12.3. The molecule has 1 heterocycles. The lowest BCUT2D eigenvalue weighted by atomic mass is 9.83. The summed E-state index contributed by atoms with van der Waals surface area (Å²) >= 11 is 1.97. The maximum Gasteiger partial charge on any atom is 0.0931 e. The second kappa shape index (κ2) is 5.42. The van der Waals surface area contributed by atoms with Crippen LogP contribution in [0.4, 0.5) is 0 Å². The number of thioether (sulfide) groups is 1. The summed E-state index contributed by atoms with van der Waals surface area (Å²) in [4.78, 5) is 1.45. The molecule has 1 aliphatic rings. The number of aliphatic hydroxyl groups excluding tert-OH is 1. The van der Waals surface area contributed by atoms with Gasteiger partial charge in [0.25, 0.3) is 0 Å². The van der Waals surface area contributed by atoms with Crippen molar-refractivity contribution in [3.8, 4) is 0 Å². The van der Waals surface area contributed by atoms with E-state index in [2.05, 4.69) is 37.4 Å². The molecule has 0 fully saturated rings. The number of benzene rings is 1. The molecule has 0 aliphatic carbocycles. The van der Waals surface area contributed by atoms with Crippen LogP contribution in [0.3, 0.4) is 0 Å². The summed E-state index contributed by atoms with van der Waals surface area (Å²) in [6.07, 6.45) is 2.50. The summed E-state index contributed by atoms with van der Waals surface area (Å²) in [5.41, 5.74) is 2.93. The molecule has 2 rings (SSSR count). The van der Waals surface area contributed by atoms with Crippen LogP contribution in [0.25, 0.3) is 0 Å². The summed E-state index contributed by atoms with van der Waals surface area (Å²) in [5.74, 6) is 1.25. The fourth-order valence-electron chi connectivity index (χ4n) is 2.25. The zero-order valence-electron chi connectivity index (χ0n) is 10.6. The molecule has 0 spiro atoms. The van der Waals surface area contributed by atoms with Gasteiger partial charge in [-0.2, -0.15) is 0 Å². The smallest absolute Gasteiger partial charge is 0.0931 e. The number of nitrogens with one attached hydrogen (secondary N) is 1. The lowest BCUT2D eigenvalue weighted by Gasteiger charge is -2.27. The molecule has 0 unspecified atom stereocenters. The molecule has 0 atom stereocenters. The molecule has 1 aromatic carbocycles. The SMILES string of the molecule is CC(C)(CNCO)c1ccc2c(c1)CCCS2. The largest absolute Gasteiger partial charge is 0.381 e. The lowest BCUT2D eigenvalue weighted by Crippen LogP contribution is -2.33. The van der Waals surface area contributed by atoms with Crippen LogP contribution in [-0.4, -0.2) is 24.1 Å². The van der Waals surface area contributed by atoms with E-state index in [1.807, 2.05) is 11.8 Å². The molecule has 0 saturated heterocycles. The number of hydrogen-bond acceptors (Lipinski definition) is 3. The van der Waals surface area contributed by atoms with E-state index in [1.54, 1.807) is 0 Å². The predicted molar refractivity (Wildman–Crippen MR) is 73.6 cm³/mol. The highest BCUT2D eigenvalue weighted by Crippen LogP contribution is 2.33. The molecule has 1 aliphatic heterocycles. The molecule has 2 N–H and O–H groups in total. The van der Waals surface area contributed by atoms with E-state index in [0.29, 0.717) is 0 Å². The summed E-state index contributed by atoms with van der Waals surface area (Å²) in [5, 5.41) is 11.9. The van der Waals surface area contributed by atoms with Crippen molar-refractivity contribution in [3.63, 3.8) is 0 Å². The van der Waals surface area contributed by atoms with Gasteiger partial charge in [-0.25, -0.2) is 0 Å². The number of aryl methyl sites for hydroxylation is 1. The van der Waals surface area contributed by atoms with Crippen LogP contribution in [0, 0.1) is 0 Å². The first-order chi connectivity index (χ1) is 8.13. The van der Waals surface area contributed by atoms with Gasteiger partial charge in [0.05, 0.1) is 6.73 Å². The Hall–Kier alpha value is -0.510. The van der Waals surface area contributed by atoms with E-state index in [1.165, 1.54) is 34.6 Å². The van der Waals surface area contributed by atoms with Crippen LogP contribution in [-0.2, 0) is 11.8 Å². The number of hydrogen-bond donors (Lipinski definition) is 2. The predicted octanol–water partition coefficient (Wildman–Crippen LogP) is 2.54. The number of aliphatic hydroxyl groups is 1. The Morgan fingerprint density at radius 3 is 3.00 bits per heavy atom. The Morgan fingerprint density at radius 2 is 2.24 bits per heavy atom. The Bertz CT molecular complexity index is 390. The number of fused-ring (bicyclic) bond motifs is 1. The Labute approximate surface area is 108 Å². The van der Waals surface area contributed by atoms with Gasteiger partial charge in [-0.3, -0.25) is 5.32 Å². The van der Waals surface area contributed by atoms with Gasteiger partial charge in [0, 0.05) is 16.9 Å². The Balaban J connectivity index is 2.20. The highest BCUT2D eigenvalue weighted by atomic mass is 32.2. The summed E-state index contributed by atoms with van der Waals surface area (Å²) in [6.45, 7) is 5.28. The molecular formula is C14H21NOS. The van der Waals surface area contributed by atoms with Gasteiger partial charge < -0.3 is 5.11 Å². The van der Waals surface area contributed by atoms with Crippen molar-refractivity contribution < 1.29 is 5.11 Å². The minimum absolute atomic E-state index is 0.0459. The Morgan fingerprint density at radius 1 is 1.41 bits per heavy atom. The van der Waals surface area contributed by atoms with E-state index in [-0.39, 0.29) is 12.1 Å². The summed E-state index contributed by atoms with van der Waals surface area (Å²) < 4.78 is 0. The topological polar surface area (TPSA) is 32.3 Å². The van der Waals surface area contributed by atoms with Crippen molar-refractivity contribution >= 4 is 11.8 Å². The van der Waals surface area contributed by atoms with Crippen molar-refractivity contribution in [2.75, 3.05) is 19.0 Å². The standard InChI is InChI=1S/C14H21NOS/c1-14(2,9-15-10-16)12-5-6-13-11(8-12)4-3-7-17-13/h5-6,8,15-16H,3-4,7,9-10H2,1-2H3. The highest BCUT2D eigenvalue weighted by Gasteiger charge is 2.21. The summed E-state index contributed by atoms with van der Waals surface area (Å²) in [6, 6.07) is 6.84. The lowest BCUT2D eigenvalue weighted by molar-refractivity contribution is 0.247. The van der Waals surface area contributed by atoms with Crippen molar-refractivity contribution in [3.05, 3.63) is 29.3 Å². The van der Waals surface area contributed by atoms with Gasteiger partial charge >= 0.3 is 0 Å². The monoisotopic (exact) mass is 251 g/mol. The molecule has 17 heavy (non-hydrogen) atoms. The fraction of sp³-hybridized carbons (Fsp3) is 0.571. The molecule has 3 heteroatoms. The second-order valence-electron chi connectivity index (χ2n) is 5.24. The molecule has 0 amide bonds. The molecule has 2 nitrogen and oxygen atoms in total. The van der Waals surface area contributed by atoms with E-state index in [0.717, 1.165) is 6.54 Å². The van der Waals surface area contributed by atoms with Crippen molar-refractivity contribution in [2.24, 2.45) is 0 Å². The van der Waals surface area contributed by atoms with Gasteiger partial charge in [0.1, 0.15) is 0 Å². The first-order valence-electron chi connectivity index (χ1n) is 6.21. The van der Waals surface area contributed by atoms with Crippen LogP contribution >= 0.6 is 11.8 Å². The maximum atomic E-state index is 8.85. The van der Waals surface area contributed by atoms with Gasteiger partial charge in [0.2, 0.25) is 0 Å². The van der Waals surface area contributed by atoms with Gasteiger partial charge in [-0.1, -0.05) is 26.0 Å². The molecule has 0 bridgehead atoms. The summed E-state index contributed by atoms with van der Waals surface area (Å²) in [7, 11) is 0. The van der Waals surface area contributed by atoms with E-state index >= 15 is 0 Å². The molecule has 0 saturated carbocycles. The fourth-order valence-corrected chi connectivity index (χ4v) is 3.27. The van der Waals surface area contributed by atoms with Gasteiger partial charge in [0.15, 0.2) is 0 Å². The van der Waals surface area contributed by atoms with Crippen LogP contribution in [0.15, 0.2) is 23.1 Å². The first kappa shape index (κ1) is 12.9. The van der Waals surface area contributed by atoms with Crippen molar-refractivity contribution in [1.82, 2.24) is 5.32 Å². The molecule has 0 radical (unpaired) electrons. The van der Waals surface area contributed by atoms with Gasteiger partial charge in [-0.15, -0.1) is 11.8 Å². The average molecular weight is 251 g/mol. The third-order valence-electron chi connectivity index (χ3n) is 3.37. The average Bonchev–Trinajstić information content (AvgIpc) is 2.36. The third-order valence-corrected chi connectivity index (χ3v) is 4.57. The molecule has 94 valence electrons. The van der Waals surface area contributed by atoms with Gasteiger partial charge in [-0.05, 0) is 35.8 Å². The second-order valence-corrected chi connectivity index (χ2v) is 6.38. The van der Waals surface area contributed by atoms with Crippen LogP contribution in [0.5, 0.6) is 0 Å². The quantitative estimate of drug-likeness (QED) is 0.807. The molecular weight excluding hydrogens is 230 g/mol. The van der Waals surface area contributed by atoms with Crippen LogP contribution in [0.1, 0.15) is 31.4 Å². The maximum absolute atomic E-state index is 8.85. The highest BCUT2D eigenvalue weighted by molar-refractivity contribution is 7.99. The first-order valence-corrected chi connectivity index (χ1v) is 7.20. The van der Waals surface area contributed by atoms with Crippen molar-refractivity contribution in [2.45, 2.75) is 37.0 Å². The zero-order valence-corrected chi connectivity index (χ0v) is 11.4. The van der Waals surface area contributed by atoms with E-state index in [9.17, 15) is 0 Å².